The summed E-state index contributed by atoms with van der Waals surface area (Å²) in [4.78, 5) is 39.0. The number of nitrogens with one attached hydrogen (secondary N) is 2. The minimum absolute atomic E-state index is 0.0456. The predicted molar refractivity (Wildman–Crippen MR) is 166 cm³/mol. The number of amides is 1. The number of hydrogen-bond acceptors (Lipinski definition) is 12. The Morgan fingerprint density at radius 1 is 1.18 bits per heavy atom. The molecule has 1 aromatic carbocycles. The smallest absolute Gasteiger partial charge is 0.410 e. The monoisotopic (exact) mass is 654 g/mol. The van der Waals surface area contributed by atoms with Crippen molar-refractivity contribution in [3.05, 3.63) is 29.8 Å². The van der Waals surface area contributed by atoms with Crippen LogP contribution in [0.3, 0.4) is 0 Å². The van der Waals surface area contributed by atoms with Crippen molar-refractivity contribution in [2.45, 2.75) is 69.1 Å². The molecule has 3 unspecified atom stereocenters. The molecule has 2 aliphatic heterocycles. The number of carbonyl (C=O) groups excluding carboxylic acids is 2. The van der Waals surface area contributed by atoms with Crippen LogP contribution in [-0.4, -0.2) is 121 Å². The molecule has 2 fully saturated rings. The third-order valence-corrected chi connectivity index (χ3v) is 9.97. The van der Waals surface area contributed by atoms with Crippen LogP contribution in [0.2, 0.25) is 0 Å². The summed E-state index contributed by atoms with van der Waals surface area (Å²) in [5.41, 5.74) is 9.82. The van der Waals surface area contributed by atoms with Gasteiger partial charge in [-0.3, -0.25) is 10.3 Å². The molecular formula is C29H46N6O9S. The zero-order valence-electron chi connectivity index (χ0n) is 26.3. The van der Waals surface area contributed by atoms with Crippen molar-refractivity contribution in [1.29, 1.82) is 5.41 Å². The van der Waals surface area contributed by atoms with Crippen LogP contribution >= 0.6 is 0 Å². The highest BCUT2D eigenvalue weighted by molar-refractivity contribution is 7.93. The first-order valence-electron chi connectivity index (χ1n) is 14.9. The summed E-state index contributed by atoms with van der Waals surface area (Å²) in [5.74, 6) is -2.74. The van der Waals surface area contributed by atoms with E-state index >= 15 is 0 Å². The lowest BCUT2D eigenvalue weighted by Crippen LogP contribution is -2.71. The molecule has 0 saturated carbocycles. The number of ether oxygens (including phenoxy) is 3. The molecule has 0 aromatic heterocycles. The molecule has 7 N–H and O–H groups in total. The van der Waals surface area contributed by atoms with Crippen molar-refractivity contribution < 1.29 is 42.1 Å². The molecule has 2 aliphatic rings. The Labute approximate surface area is 263 Å². The van der Waals surface area contributed by atoms with E-state index in [2.05, 4.69) is 5.32 Å². The second-order valence-electron chi connectivity index (χ2n) is 12.4. The summed E-state index contributed by atoms with van der Waals surface area (Å²) in [5, 5.41) is 21.3. The molecule has 0 aliphatic carbocycles. The molecule has 16 heteroatoms. The quantitative estimate of drug-likeness (QED) is 0.0975. The Bertz CT molecular complexity index is 1340. The highest BCUT2D eigenvalue weighted by Crippen LogP contribution is 2.27. The normalized spacial score (nSPS) is 20.5. The number of piperazine rings is 1. The molecule has 252 valence electrons. The van der Waals surface area contributed by atoms with Crippen LogP contribution < -0.4 is 21.5 Å². The third-order valence-electron chi connectivity index (χ3n) is 7.72. The number of unbranched alkanes of at least 4 members (excludes halogenated alkanes) is 1. The molecule has 2 saturated heterocycles. The Balaban J connectivity index is 1.69. The maximum absolute atomic E-state index is 13.6. The minimum atomic E-state index is -4.13. The van der Waals surface area contributed by atoms with Crippen LogP contribution in [0.1, 0.15) is 46.1 Å². The highest BCUT2D eigenvalue weighted by Gasteiger charge is 2.53. The van der Waals surface area contributed by atoms with E-state index in [4.69, 9.17) is 31.1 Å². The van der Waals surface area contributed by atoms with Crippen LogP contribution in [0.5, 0.6) is 5.75 Å². The van der Waals surface area contributed by atoms with Crippen LogP contribution in [0, 0.1) is 5.41 Å². The van der Waals surface area contributed by atoms with E-state index in [9.17, 15) is 27.9 Å². The van der Waals surface area contributed by atoms with Gasteiger partial charge in [0, 0.05) is 32.6 Å². The number of esters is 1. The van der Waals surface area contributed by atoms with Crippen LogP contribution in [0.4, 0.5) is 4.79 Å². The number of hydrogen-bond donors (Lipinski definition) is 5. The van der Waals surface area contributed by atoms with Gasteiger partial charge in [-0.2, -0.15) is 0 Å². The molecule has 45 heavy (non-hydrogen) atoms. The van der Waals surface area contributed by atoms with Gasteiger partial charge in [-0.25, -0.2) is 22.8 Å². The number of nitrogens with two attached hydrogens (primary N) is 2. The van der Waals surface area contributed by atoms with Crippen LogP contribution in [-0.2, 0) is 35.3 Å². The average molecular weight is 655 g/mol. The minimum Gasteiger partial charge on any atom is -0.490 e. The standard InChI is InChI=1S/C29H46N6O9S/c1-5-6-15-45(40,41)29(32,24(36)37)16-20-7-9-21(10-8-20)42-18-22-17-34(26(39)43-22)19-28(23(30)31,25(38)44-27(2,3)4)35-13-11-33-12-14-35/h7-10,22,33H,5-6,11-19,32H2,1-4H3,(H3,30,31)(H,36,37). The second kappa shape index (κ2) is 14.3. The highest BCUT2D eigenvalue weighted by atomic mass is 32.2. The van der Waals surface area contributed by atoms with Crippen molar-refractivity contribution in [1.82, 2.24) is 15.1 Å². The summed E-state index contributed by atoms with van der Waals surface area (Å²) in [6, 6.07) is 6.13. The van der Waals surface area contributed by atoms with Crippen LogP contribution in [0.25, 0.3) is 0 Å². The van der Waals surface area contributed by atoms with Crippen molar-refractivity contribution in [3.63, 3.8) is 0 Å². The van der Waals surface area contributed by atoms with Gasteiger partial charge in [0.05, 0.1) is 18.8 Å². The molecule has 3 rings (SSSR count). The van der Waals surface area contributed by atoms with E-state index in [1.807, 2.05) is 0 Å². The van der Waals surface area contributed by atoms with Gasteiger partial charge >= 0.3 is 18.0 Å². The maximum atomic E-state index is 13.6. The van der Waals surface area contributed by atoms with Crippen molar-refractivity contribution in [2.75, 3.05) is 51.6 Å². The van der Waals surface area contributed by atoms with Gasteiger partial charge in [0.1, 0.15) is 23.8 Å². The summed E-state index contributed by atoms with van der Waals surface area (Å²) in [7, 11) is -4.13. The Morgan fingerprint density at radius 2 is 1.80 bits per heavy atom. The first-order valence-corrected chi connectivity index (χ1v) is 16.6. The number of rotatable bonds is 15. The van der Waals surface area contributed by atoms with E-state index in [0.717, 1.165) is 0 Å². The topological polar surface area (TPSA) is 228 Å². The summed E-state index contributed by atoms with van der Waals surface area (Å²) in [6.07, 6.45) is -0.952. The number of carboxylic acid groups (broad SMARTS) is 1. The van der Waals surface area contributed by atoms with Gasteiger partial charge in [0.25, 0.3) is 0 Å². The van der Waals surface area contributed by atoms with Gasteiger partial charge in [-0.1, -0.05) is 25.5 Å². The van der Waals surface area contributed by atoms with E-state index < -0.39 is 62.2 Å². The van der Waals surface area contributed by atoms with E-state index in [1.165, 1.54) is 17.0 Å². The molecule has 0 spiro atoms. The summed E-state index contributed by atoms with van der Waals surface area (Å²) in [6.45, 7) is 8.66. The lowest BCUT2D eigenvalue weighted by atomic mass is 9.93. The van der Waals surface area contributed by atoms with Gasteiger partial charge in [0.15, 0.2) is 21.5 Å². The SMILES string of the molecule is CCCCS(=O)(=O)C(N)(Cc1ccc(OCC2CN(CC(C(=N)N)(C(=O)OC(C)(C)C)N3CCNCC3)C(=O)O2)cc1)C(=O)O. The van der Waals surface area contributed by atoms with Crippen molar-refractivity contribution in [2.24, 2.45) is 11.5 Å². The van der Waals surface area contributed by atoms with Crippen LogP contribution in [0.15, 0.2) is 24.3 Å². The molecule has 15 nitrogen and oxygen atoms in total. The third kappa shape index (κ3) is 8.42. The largest absolute Gasteiger partial charge is 0.490 e. The number of amidine groups is 1. The fraction of sp³-hybridized carbons (Fsp3) is 0.655. The first kappa shape index (κ1) is 36.0. The Morgan fingerprint density at radius 3 is 2.33 bits per heavy atom. The van der Waals surface area contributed by atoms with Gasteiger partial charge in [-0.05, 0) is 44.9 Å². The molecule has 0 radical (unpaired) electrons. The van der Waals surface area contributed by atoms with E-state index in [1.54, 1.807) is 44.7 Å². The van der Waals surface area contributed by atoms with Gasteiger partial charge in [-0.15, -0.1) is 0 Å². The van der Waals surface area contributed by atoms with Gasteiger partial charge < -0.3 is 41.0 Å². The second-order valence-corrected chi connectivity index (χ2v) is 14.8. The number of nitrogens with zero attached hydrogens (tertiary/aromatic N) is 2. The molecule has 3 atom stereocenters. The first-order chi connectivity index (χ1) is 20.9. The maximum Gasteiger partial charge on any atom is 0.410 e. The molecule has 2 heterocycles. The zero-order chi connectivity index (χ0) is 33.6. The molecular weight excluding hydrogens is 608 g/mol. The van der Waals surface area contributed by atoms with Crippen molar-refractivity contribution >= 4 is 33.7 Å². The fourth-order valence-corrected chi connectivity index (χ4v) is 6.85. The molecule has 1 aromatic rings. The molecule has 1 amide bonds. The van der Waals surface area contributed by atoms with Gasteiger partial charge in [0.2, 0.25) is 4.87 Å². The number of aliphatic carboxylic acids is 1. The summed E-state index contributed by atoms with van der Waals surface area (Å²) >= 11 is 0. The Kier molecular flexibility index (Phi) is 11.4. The summed E-state index contributed by atoms with van der Waals surface area (Å²) < 4.78 is 42.4. The lowest BCUT2D eigenvalue weighted by molar-refractivity contribution is -0.166. The van der Waals surface area contributed by atoms with E-state index in [-0.39, 0.29) is 25.4 Å². The predicted octanol–water partition coefficient (Wildman–Crippen LogP) is 0.305. The number of benzene rings is 1. The molecule has 0 bridgehead atoms. The lowest BCUT2D eigenvalue weighted by Gasteiger charge is -2.45. The fourth-order valence-electron chi connectivity index (χ4n) is 5.17. The van der Waals surface area contributed by atoms with E-state index in [0.29, 0.717) is 50.3 Å². The number of carboxylic acids is 1. The average Bonchev–Trinajstić information content (AvgIpc) is 3.31. The Hall–Kier alpha value is -3.47. The number of sulfone groups is 1. The number of cyclic esters (lactones) is 1. The zero-order valence-corrected chi connectivity index (χ0v) is 27.2. The number of carbonyl (C=O) groups is 3. The van der Waals surface area contributed by atoms with Crippen molar-refractivity contribution in [3.8, 4) is 5.75 Å².